The number of carbonyl (C=O) groups is 1. The summed E-state index contributed by atoms with van der Waals surface area (Å²) in [6, 6.07) is 12.0. The Morgan fingerprint density at radius 3 is 2.38 bits per heavy atom. The van der Waals surface area contributed by atoms with Gasteiger partial charge in [0.2, 0.25) is 6.54 Å². The molecule has 0 aliphatic carbocycles. The van der Waals surface area contributed by atoms with Crippen molar-refractivity contribution in [3.63, 3.8) is 0 Å². The highest BCUT2D eigenvalue weighted by molar-refractivity contribution is 5.91. The molecule has 0 radical (unpaired) electrons. The zero-order valence-electron chi connectivity index (χ0n) is 12.7. The fraction of sp³-hybridized carbons (Fsp3) is 0.294. The highest BCUT2D eigenvalue weighted by Gasteiger charge is 2.14. The average molecular weight is 349 g/mol. The van der Waals surface area contributed by atoms with Crippen LogP contribution < -0.4 is 26.9 Å². The van der Waals surface area contributed by atoms with E-state index in [0.717, 1.165) is 28.9 Å². The second-order valence-corrected chi connectivity index (χ2v) is 4.99. The molecule has 0 spiro atoms. The first-order valence-corrected chi connectivity index (χ1v) is 6.95. The van der Waals surface area contributed by atoms with E-state index in [1.165, 1.54) is 0 Å². The predicted octanol–water partition coefficient (Wildman–Crippen LogP) is -0.204. The Morgan fingerprint density at radius 2 is 1.76 bits per heavy atom. The van der Waals surface area contributed by atoms with Crippen LogP contribution in [0.1, 0.15) is 23.7 Å². The molecule has 1 heterocycles. The zero-order valence-corrected chi connectivity index (χ0v) is 14.3. The Balaban J connectivity index is 0.00000220. The molecular formula is C17H21BrN2O. The van der Waals surface area contributed by atoms with Crippen LogP contribution in [0.2, 0.25) is 0 Å². The van der Waals surface area contributed by atoms with Gasteiger partial charge in [-0.3, -0.25) is 4.79 Å². The maximum atomic E-state index is 12.2. The van der Waals surface area contributed by atoms with E-state index in [9.17, 15) is 4.79 Å². The van der Waals surface area contributed by atoms with Gasteiger partial charge in [-0.25, -0.2) is 0 Å². The maximum absolute atomic E-state index is 12.2. The minimum absolute atomic E-state index is 0. The molecule has 0 unspecified atom stereocenters. The molecule has 0 aliphatic rings. The van der Waals surface area contributed by atoms with Crippen molar-refractivity contribution in [1.29, 1.82) is 0 Å². The summed E-state index contributed by atoms with van der Waals surface area (Å²) in [7, 11) is 0. The van der Waals surface area contributed by atoms with Crippen molar-refractivity contribution in [1.82, 2.24) is 0 Å². The largest absolute Gasteiger partial charge is 1.00 e. The SMILES string of the molecule is CCc1cccc[n+]1CC(=O)Nc1c(C)cccc1C.[Br-]. The molecule has 0 saturated carbocycles. The van der Waals surface area contributed by atoms with Gasteiger partial charge in [-0.15, -0.1) is 0 Å². The van der Waals surface area contributed by atoms with E-state index >= 15 is 0 Å². The Kier molecular flexibility index (Phi) is 6.56. The van der Waals surface area contributed by atoms with Crippen LogP contribution in [0.4, 0.5) is 5.69 Å². The summed E-state index contributed by atoms with van der Waals surface area (Å²) in [6.07, 6.45) is 2.86. The molecule has 0 aliphatic heterocycles. The third kappa shape index (κ3) is 4.39. The van der Waals surface area contributed by atoms with Gasteiger partial charge >= 0.3 is 0 Å². The molecule has 1 amide bonds. The van der Waals surface area contributed by atoms with Crippen LogP contribution >= 0.6 is 0 Å². The molecule has 0 atom stereocenters. The molecule has 2 aromatic rings. The minimum Gasteiger partial charge on any atom is -1.00 e. The van der Waals surface area contributed by atoms with Crippen molar-refractivity contribution in [2.75, 3.05) is 5.32 Å². The average Bonchev–Trinajstić information content (AvgIpc) is 2.44. The highest BCUT2D eigenvalue weighted by Crippen LogP contribution is 2.19. The summed E-state index contributed by atoms with van der Waals surface area (Å²) in [6.45, 7) is 6.46. The number of hydrogen-bond acceptors (Lipinski definition) is 1. The topological polar surface area (TPSA) is 33.0 Å². The van der Waals surface area contributed by atoms with Gasteiger partial charge < -0.3 is 22.3 Å². The summed E-state index contributed by atoms with van der Waals surface area (Å²) >= 11 is 0. The number of aryl methyl sites for hydroxylation is 3. The number of nitrogens with zero attached hydrogens (tertiary/aromatic N) is 1. The summed E-state index contributed by atoms with van der Waals surface area (Å²) < 4.78 is 1.99. The molecule has 1 aromatic carbocycles. The van der Waals surface area contributed by atoms with Crippen LogP contribution in [0.3, 0.4) is 0 Å². The molecule has 112 valence electrons. The van der Waals surface area contributed by atoms with Crippen molar-refractivity contribution in [2.24, 2.45) is 0 Å². The Hall–Kier alpha value is -1.68. The second-order valence-electron chi connectivity index (χ2n) is 4.99. The first kappa shape index (κ1) is 17.4. The number of aromatic nitrogens is 1. The zero-order chi connectivity index (χ0) is 14.5. The number of hydrogen-bond donors (Lipinski definition) is 1. The lowest BCUT2D eigenvalue weighted by atomic mass is 10.1. The first-order valence-electron chi connectivity index (χ1n) is 6.95. The van der Waals surface area contributed by atoms with E-state index in [-0.39, 0.29) is 22.9 Å². The van der Waals surface area contributed by atoms with Gasteiger partial charge in [0.15, 0.2) is 11.9 Å². The van der Waals surface area contributed by atoms with Gasteiger partial charge in [-0.05, 0) is 25.0 Å². The van der Waals surface area contributed by atoms with Crippen LogP contribution in [0.15, 0.2) is 42.6 Å². The number of benzene rings is 1. The van der Waals surface area contributed by atoms with Gasteiger partial charge in [0.1, 0.15) is 0 Å². The van der Waals surface area contributed by atoms with Crippen molar-refractivity contribution < 1.29 is 26.3 Å². The van der Waals surface area contributed by atoms with Crippen LogP contribution in [0.25, 0.3) is 0 Å². The Morgan fingerprint density at radius 1 is 1.10 bits per heavy atom. The van der Waals surface area contributed by atoms with Crippen molar-refractivity contribution in [3.8, 4) is 0 Å². The fourth-order valence-electron chi connectivity index (χ4n) is 2.33. The molecule has 3 nitrogen and oxygen atoms in total. The van der Waals surface area contributed by atoms with Crippen LogP contribution in [-0.2, 0) is 17.8 Å². The number of pyridine rings is 1. The van der Waals surface area contributed by atoms with Gasteiger partial charge in [-0.1, -0.05) is 31.2 Å². The lowest BCUT2D eigenvalue weighted by molar-refractivity contribution is -0.691. The third-order valence-corrected chi connectivity index (χ3v) is 3.46. The third-order valence-electron chi connectivity index (χ3n) is 3.46. The van der Waals surface area contributed by atoms with Crippen LogP contribution in [0, 0.1) is 13.8 Å². The molecule has 1 aromatic heterocycles. The van der Waals surface area contributed by atoms with E-state index < -0.39 is 0 Å². The number of nitrogens with one attached hydrogen (secondary N) is 1. The number of amides is 1. The van der Waals surface area contributed by atoms with Crippen LogP contribution in [0.5, 0.6) is 0 Å². The quantitative estimate of drug-likeness (QED) is 0.762. The summed E-state index contributed by atoms with van der Waals surface area (Å²) in [4.78, 5) is 12.2. The number of carbonyl (C=O) groups excluding carboxylic acids is 1. The molecule has 2 rings (SSSR count). The van der Waals surface area contributed by atoms with E-state index in [1.54, 1.807) is 0 Å². The fourth-order valence-corrected chi connectivity index (χ4v) is 2.33. The molecule has 0 fully saturated rings. The lowest BCUT2D eigenvalue weighted by Crippen LogP contribution is -3.00. The van der Waals surface area contributed by atoms with Gasteiger partial charge in [0.05, 0.1) is 0 Å². The minimum atomic E-state index is 0. The normalized spacial score (nSPS) is 9.86. The lowest BCUT2D eigenvalue weighted by Gasteiger charge is -2.10. The van der Waals surface area contributed by atoms with E-state index in [1.807, 2.05) is 61.0 Å². The maximum Gasteiger partial charge on any atom is 0.290 e. The molecular weight excluding hydrogens is 328 g/mol. The van der Waals surface area contributed by atoms with E-state index in [4.69, 9.17) is 0 Å². The van der Waals surface area contributed by atoms with E-state index in [0.29, 0.717) is 6.54 Å². The monoisotopic (exact) mass is 348 g/mol. The van der Waals surface area contributed by atoms with Gasteiger partial charge in [-0.2, -0.15) is 4.57 Å². The summed E-state index contributed by atoms with van der Waals surface area (Å²) in [5.41, 5.74) is 4.26. The standard InChI is InChI=1S/C17H20N2O.BrH/c1-4-15-10-5-6-11-19(15)12-16(20)18-17-13(2)8-7-9-14(17)3;/h5-11H,4,12H2,1-3H3;1H. The smallest absolute Gasteiger partial charge is 0.290 e. The predicted molar refractivity (Wildman–Crippen MR) is 80.6 cm³/mol. The molecule has 0 bridgehead atoms. The Bertz CT molecular complexity index is 606. The number of para-hydroxylation sites is 1. The molecule has 1 N–H and O–H groups in total. The second kappa shape index (κ2) is 7.93. The first-order chi connectivity index (χ1) is 9.61. The summed E-state index contributed by atoms with van der Waals surface area (Å²) in [5, 5.41) is 3.02. The van der Waals surface area contributed by atoms with E-state index in [2.05, 4.69) is 12.2 Å². The van der Waals surface area contributed by atoms with Crippen LogP contribution in [-0.4, -0.2) is 5.91 Å². The van der Waals surface area contributed by atoms with Crippen molar-refractivity contribution >= 4 is 11.6 Å². The van der Waals surface area contributed by atoms with Gasteiger partial charge in [0, 0.05) is 24.2 Å². The molecule has 4 heteroatoms. The number of halogens is 1. The Labute approximate surface area is 136 Å². The van der Waals surface area contributed by atoms with Gasteiger partial charge in [0.25, 0.3) is 5.91 Å². The molecule has 21 heavy (non-hydrogen) atoms. The molecule has 0 saturated heterocycles. The highest BCUT2D eigenvalue weighted by atomic mass is 79.9. The van der Waals surface area contributed by atoms with Crippen molar-refractivity contribution in [2.45, 2.75) is 33.7 Å². The number of anilines is 1. The summed E-state index contributed by atoms with van der Waals surface area (Å²) in [5.74, 6) is 0.00769. The van der Waals surface area contributed by atoms with Crippen molar-refractivity contribution in [3.05, 3.63) is 59.4 Å². The number of rotatable bonds is 4.